The molecule has 0 heterocycles. The third-order valence-corrected chi connectivity index (χ3v) is 3.76. The van der Waals surface area contributed by atoms with Crippen molar-refractivity contribution in [3.63, 3.8) is 0 Å². The number of ether oxygens (including phenoxy) is 2. The summed E-state index contributed by atoms with van der Waals surface area (Å²) in [5.41, 5.74) is 7.23. The first-order chi connectivity index (χ1) is 8.53. The SMILES string of the molecule is COC(=O)C1(c2ccc(C)c(OC)c2)CC(N)C1. The number of methoxy groups -OCH3 is 2. The standard InChI is InChI=1S/C14H19NO3/c1-9-4-5-10(6-12(9)17-2)14(13(16)18-3)7-11(15)8-14/h4-6,11H,7-8,15H2,1-3H3. The van der Waals surface area contributed by atoms with Crippen molar-refractivity contribution in [2.75, 3.05) is 14.2 Å². The van der Waals surface area contributed by atoms with E-state index in [4.69, 9.17) is 15.2 Å². The number of aryl methyl sites for hydroxylation is 1. The molecule has 0 aliphatic heterocycles. The second kappa shape index (κ2) is 4.61. The van der Waals surface area contributed by atoms with Gasteiger partial charge in [-0.2, -0.15) is 0 Å². The molecule has 0 radical (unpaired) electrons. The van der Waals surface area contributed by atoms with Gasteiger partial charge in [0.15, 0.2) is 0 Å². The van der Waals surface area contributed by atoms with E-state index in [1.54, 1.807) is 7.11 Å². The van der Waals surface area contributed by atoms with Gasteiger partial charge in [0.25, 0.3) is 0 Å². The van der Waals surface area contributed by atoms with Crippen molar-refractivity contribution < 1.29 is 14.3 Å². The number of hydrogen-bond donors (Lipinski definition) is 1. The van der Waals surface area contributed by atoms with Gasteiger partial charge < -0.3 is 15.2 Å². The predicted octanol–water partition coefficient (Wildman–Crippen LogP) is 1.54. The van der Waals surface area contributed by atoms with Gasteiger partial charge in [-0.3, -0.25) is 4.79 Å². The quantitative estimate of drug-likeness (QED) is 0.825. The van der Waals surface area contributed by atoms with Crippen molar-refractivity contribution in [2.45, 2.75) is 31.2 Å². The molecule has 0 saturated heterocycles. The molecule has 2 N–H and O–H groups in total. The summed E-state index contributed by atoms with van der Waals surface area (Å²) in [6.45, 7) is 1.97. The fourth-order valence-electron chi connectivity index (χ4n) is 2.67. The molecule has 0 amide bonds. The van der Waals surface area contributed by atoms with Crippen molar-refractivity contribution in [3.05, 3.63) is 29.3 Å². The van der Waals surface area contributed by atoms with E-state index in [0.29, 0.717) is 12.8 Å². The fraction of sp³-hybridized carbons (Fsp3) is 0.500. The summed E-state index contributed by atoms with van der Waals surface area (Å²) < 4.78 is 10.2. The Morgan fingerprint density at radius 3 is 2.56 bits per heavy atom. The minimum atomic E-state index is -0.588. The first kappa shape index (κ1) is 12.9. The fourth-order valence-corrected chi connectivity index (χ4v) is 2.67. The second-order valence-corrected chi connectivity index (χ2v) is 4.93. The van der Waals surface area contributed by atoms with E-state index in [9.17, 15) is 4.79 Å². The third-order valence-electron chi connectivity index (χ3n) is 3.76. The maximum absolute atomic E-state index is 12.0. The first-order valence-corrected chi connectivity index (χ1v) is 6.02. The molecule has 0 aromatic heterocycles. The Morgan fingerprint density at radius 2 is 2.06 bits per heavy atom. The van der Waals surface area contributed by atoms with Crippen LogP contribution in [0.1, 0.15) is 24.0 Å². The molecule has 2 rings (SSSR count). The molecular formula is C14H19NO3. The maximum Gasteiger partial charge on any atom is 0.316 e. The molecule has 18 heavy (non-hydrogen) atoms. The van der Waals surface area contributed by atoms with Crippen LogP contribution >= 0.6 is 0 Å². The minimum Gasteiger partial charge on any atom is -0.496 e. The third kappa shape index (κ3) is 1.86. The van der Waals surface area contributed by atoms with E-state index in [-0.39, 0.29) is 12.0 Å². The molecule has 98 valence electrons. The molecule has 0 atom stereocenters. The summed E-state index contributed by atoms with van der Waals surface area (Å²) in [7, 11) is 3.04. The monoisotopic (exact) mass is 249 g/mol. The zero-order chi connectivity index (χ0) is 13.3. The number of rotatable bonds is 3. The van der Waals surface area contributed by atoms with E-state index in [1.165, 1.54) is 7.11 Å². The van der Waals surface area contributed by atoms with Gasteiger partial charge in [0.1, 0.15) is 5.75 Å². The average molecular weight is 249 g/mol. The lowest BCUT2D eigenvalue weighted by atomic mass is 9.61. The van der Waals surface area contributed by atoms with Gasteiger partial charge >= 0.3 is 5.97 Å². The Labute approximate surface area is 107 Å². The van der Waals surface area contributed by atoms with E-state index >= 15 is 0 Å². The number of nitrogens with two attached hydrogens (primary N) is 1. The second-order valence-electron chi connectivity index (χ2n) is 4.93. The molecule has 0 spiro atoms. The Hall–Kier alpha value is -1.55. The zero-order valence-corrected chi connectivity index (χ0v) is 11.0. The van der Waals surface area contributed by atoms with E-state index in [2.05, 4.69) is 0 Å². The Balaban J connectivity index is 2.41. The van der Waals surface area contributed by atoms with Gasteiger partial charge in [0.2, 0.25) is 0 Å². The molecule has 4 nitrogen and oxygen atoms in total. The molecule has 0 unspecified atom stereocenters. The molecule has 1 aliphatic rings. The van der Waals surface area contributed by atoms with Crippen LogP contribution in [0.15, 0.2) is 18.2 Å². The van der Waals surface area contributed by atoms with Gasteiger partial charge in [0, 0.05) is 6.04 Å². The summed E-state index contributed by atoms with van der Waals surface area (Å²) in [5, 5.41) is 0. The molecule has 1 aromatic rings. The highest BCUT2D eigenvalue weighted by Crippen LogP contribution is 2.45. The maximum atomic E-state index is 12.0. The lowest BCUT2D eigenvalue weighted by molar-refractivity contribution is -0.152. The van der Waals surface area contributed by atoms with Crippen molar-refractivity contribution in [3.8, 4) is 5.75 Å². The normalized spacial score (nSPS) is 26.3. The van der Waals surface area contributed by atoms with Crippen LogP contribution in [0.2, 0.25) is 0 Å². The average Bonchev–Trinajstić information content (AvgIpc) is 2.34. The van der Waals surface area contributed by atoms with Crippen LogP contribution in [0.25, 0.3) is 0 Å². The Kier molecular flexibility index (Phi) is 3.30. The van der Waals surface area contributed by atoms with Crippen molar-refractivity contribution in [1.29, 1.82) is 0 Å². The summed E-state index contributed by atoms with van der Waals surface area (Å²) in [6, 6.07) is 5.90. The molecule has 1 saturated carbocycles. The molecular weight excluding hydrogens is 230 g/mol. The number of benzene rings is 1. The van der Waals surface area contributed by atoms with E-state index < -0.39 is 5.41 Å². The summed E-state index contributed by atoms with van der Waals surface area (Å²) >= 11 is 0. The van der Waals surface area contributed by atoms with E-state index in [0.717, 1.165) is 16.9 Å². The van der Waals surface area contributed by atoms with Crippen molar-refractivity contribution in [2.24, 2.45) is 5.73 Å². The van der Waals surface area contributed by atoms with Gasteiger partial charge in [0.05, 0.1) is 19.6 Å². The number of carbonyl (C=O) groups excluding carboxylic acids is 1. The van der Waals surface area contributed by atoms with Gasteiger partial charge in [-0.25, -0.2) is 0 Å². The smallest absolute Gasteiger partial charge is 0.316 e. The molecule has 1 aromatic carbocycles. The minimum absolute atomic E-state index is 0.0661. The highest BCUT2D eigenvalue weighted by atomic mass is 16.5. The van der Waals surface area contributed by atoms with Crippen LogP contribution < -0.4 is 10.5 Å². The van der Waals surface area contributed by atoms with Crippen LogP contribution in [0.5, 0.6) is 5.75 Å². The van der Waals surface area contributed by atoms with Gasteiger partial charge in [-0.15, -0.1) is 0 Å². The van der Waals surface area contributed by atoms with Crippen molar-refractivity contribution in [1.82, 2.24) is 0 Å². The molecule has 4 heteroatoms. The summed E-state index contributed by atoms with van der Waals surface area (Å²) in [5.74, 6) is 0.575. The highest BCUT2D eigenvalue weighted by Gasteiger charge is 2.51. The van der Waals surface area contributed by atoms with Gasteiger partial charge in [-0.05, 0) is 37.0 Å². The first-order valence-electron chi connectivity index (χ1n) is 6.02. The Morgan fingerprint density at radius 1 is 1.39 bits per heavy atom. The van der Waals surface area contributed by atoms with Crippen LogP contribution in [0, 0.1) is 6.92 Å². The lowest BCUT2D eigenvalue weighted by Gasteiger charge is -2.44. The van der Waals surface area contributed by atoms with Crippen LogP contribution in [0.4, 0.5) is 0 Å². The van der Waals surface area contributed by atoms with Crippen molar-refractivity contribution >= 4 is 5.97 Å². The topological polar surface area (TPSA) is 61.5 Å². The highest BCUT2D eigenvalue weighted by molar-refractivity contribution is 5.85. The summed E-state index contributed by atoms with van der Waals surface area (Å²) in [6.07, 6.45) is 1.26. The molecule has 1 fully saturated rings. The summed E-state index contributed by atoms with van der Waals surface area (Å²) in [4.78, 5) is 12.0. The van der Waals surface area contributed by atoms with Crippen LogP contribution in [-0.4, -0.2) is 26.2 Å². The molecule has 0 bridgehead atoms. The van der Waals surface area contributed by atoms with Crippen LogP contribution in [-0.2, 0) is 14.9 Å². The van der Waals surface area contributed by atoms with E-state index in [1.807, 2.05) is 25.1 Å². The van der Waals surface area contributed by atoms with Crippen LogP contribution in [0.3, 0.4) is 0 Å². The Bertz CT molecular complexity index is 464. The zero-order valence-electron chi connectivity index (χ0n) is 11.0. The lowest BCUT2D eigenvalue weighted by Crippen LogP contribution is -2.54. The number of esters is 1. The predicted molar refractivity (Wildman–Crippen MR) is 68.6 cm³/mol. The van der Waals surface area contributed by atoms with Gasteiger partial charge in [-0.1, -0.05) is 12.1 Å². The number of hydrogen-bond acceptors (Lipinski definition) is 4. The largest absolute Gasteiger partial charge is 0.496 e. The number of carbonyl (C=O) groups is 1. The molecule has 1 aliphatic carbocycles.